The zero-order chi connectivity index (χ0) is 30.1. The van der Waals surface area contributed by atoms with Crippen LogP contribution in [0.4, 0.5) is 0 Å². The Morgan fingerprint density at radius 2 is 1.41 bits per heavy atom. The second kappa shape index (κ2) is 15.2. The van der Waals surface area contributed by atoms with Crippen LogP contribution in [0.25, 0.3) is 0 Å². The van der Waals surface area contributed by atoms with Gasteiger partial charge in [-0.2, -0.15) is 0 Å². The molecule has 2 aromatic carbocycles. The number of aryl methyl sites for hydroxylation is 2. The van der Waals surface area contributed by atoms with Crippen LogP contribution in [0.1, 0.15) is 38.2 Å². The van der Waals surface area contributed by atoms with Gasteiger partial charge in [0, 0.05) is 73.2 Å². The minimum Gasteiger partial charge on any atom is -0.507 e. The summed E-state index contributed by atoms with van der Waals surface area (Å²) in [6, 6.07) is 6.88. The highest BCUT2D eigenvalue weighted by Gasteiger charge is 2.25. The molecule has 8 N–H and O–H groups in total. The molecule has 0 spiro atoms. The molecule has 1 aliphatic rings. The Bertz CT molecular complexity index is 1210. The van der Waals surface area contributed by atoms with Crippen LogP contribution in [0.2, 0.25) is 0 Å². The summed E-state index contributed by atoms with van der Waals surface area (Å²) in [7, 11) is 0. The Morgan fingerprint density at radius 1 is 0.878 bits per heavy atom. The number of aliphatic hydroxyl groups is 4. The summed E-state index contributed by atoms with van der Waals surface area (Å²) in [6.45, 7) is 6.96. The number of nitrogens with zero attached hydrogens (tertiary/aromatic N) is 3. The zero-order valence-corrected chi connectivity index (χ0v) is 23.6. The van der Waals surface area contributed by atoms with Crippen molar-refractivity contribution in [2.45, 2.75) is 45.9 Å². The van der Waals surface area contributed by atoms with Gasteiger partial charge in [0.1, 0.15) is 24.3 Å². The highest BCUT2D eigenvalue weighted by molar-refractivity contribution is 5.97. The second-order valence-electron chi connectivity index (χ2n) is 10.5. The highest BCUT2D eigenvalue weighted by Crippen LogP contribution is 2.28. The Labute approximate surface area is 239 Å². The van der Waals surface area contributed by atoms with E-state index in [0.29, 0.717) is 67.3 Å². The second-order valence-corrected chi connectivity index (χ2v) is 10.5. The third-order valence-corrected chi connectivity index (χ3v) is 7.01. The SMILES string of the molecule is Cc1cc(CN2CCNCCN(Cc3cc(C)cc(C(=O)NC(O)CO)c3O)CC2)c(O)c(C[N+](=O)C(O)CO)c1. The lowest BCUT2D eigenvalue weighted by atomic mass is 10.0. The van der Waals surface area contributed by atoms with Gasteiger partial charge >= 0.3 is 6.23 Å². The average Bonchev–Trinajstić information content (AvgIpc) is 3.04. The van der Waals surface area contributed by atoms with E-state index in [4.69, 9.17) is 10.2 Å². The predicted octanol–water partition coefficient (Wildman–Crippen LogP) is -0.748. The fourth-order valence-electron chi connectivity index (χ4n) is 4.87. The molecule has 0 aliphatic carbocycles. The largest absolute Gasteiger partial charge is 0.507 e. The van der Waals surface area contributed by atoms with Crippen molar-refractivity contribution in [1.82, 2.24) is 20.4 Å². The Hall–Kier alpha value is -3.17. The molecule has 0 aromatic heterocycles. The number of benzene rings is 2. The lowest BCUT2D eigenvalue weighted by Gasteiger charge is -2.27. The first-order valence-electron chi connectivity index (χ1n) is 13.6. The highest BCUT2D eigenvalue weighted by atomic mass is 16.4. The molecular formula is C28H42N5O8+. The van der Waals surface area contributed by atoms with Crippen LogP contribution in [0, 0.1) is 18.8 Å². The van der Waals surface area contributed by atoms with Crippen molar-refractivity contribution >= 4 is 5.91 Å². The van der Waals surface area contributed by atoms with E-state index < -0.39 is 31.6 Å². The minimum absolute atomic E-state index is 0.0189. The van der Waals surface area contributed by atoms with Gasteiger partial charge in [-0.3, -0.25) is 14.6 Å². The summed E-state index contributed by atoms with van der Waals surface area (Å²) in [6.07, 6.45) is -3.00. The third kappa shape index (κ3) is 9.16. The number of rotatable bonds is 11. The molecule has 0 bridgehead atoms. The van der Waals surface area contributed by atoms with Crippen molar-refractivity contribution in [2.75, 3.05) is 52.5 Å². The molecule has 1 heterocycles. The number of aliphatic hydroxyl groups excluding tert-OH is 4. The van der Waals surface area contributed by atoms with E-state index in [-0.39, 0.29) is 23.6 Å². The molecule has 1 saturated heterocycles. The Morgan fingerprint density at radius 3 is 1.98 bits per heavy atom. The number of amides is 1. The van der Waals surface area contributed by atoms with Gasteiger partial charge in [0.25, 0.3) is 5.91 Å². The van der Waals surface area contributed by atoms with Crippen LogP contribution >= 0.6 is 0 Å². The molecule has 41 heavy (non-hydrogen) atoms. The third-order valence-electron chi connectivity index (χ3n) is 7.01. The number of nitrogens with one attached hydrogen (secondary N) is 2. The molecule has 2 aromatic rings. The number of nitroso groups, excluding NO2 is 1. The fourth-order valence-corrected chi connectivity index (χ4v) is 4.87. The first-order chi connectivity index (χ1) is 19.5. The van der Waals surface area contributed by atoms with Crippen LogP contribution < -0.4 is 10.6 Å². The van der Waals surface area contributed by atoms with Gasteiger partial charge in [-0.1, -0.05) is 17.7 Å². The van der Waals surface area contributed by atoms with Gasteiger partial charge in [-0.15, -0.1) is 0 Å². The smallest absolute Gasteiger partial charge is 0.326 e. The number of hydrogen-bond donors (Lipinski definition) is 8. The van der Waals surface area contributed by atoms with E-state index in [0.717, 1.165) is 17.7 Å². The quantitative estimate of drug-likeness (QED) is 0.124. The maximum absolute atomic E-state index is 12.5. The molecule has 13 heteroatoms. The van der Waals surface area contributed by atoms with E-state index in [1.165, 1.54) is 6.07 Å². The van der Waals surface area contributed by atoms with Crippen molar-refractivity contribution in [3.8, 4) is 11.5 Å². The lowest BCUT2D eigenvalue weighted by Crippen LogP contribution is -2.37. The summed E-state index contributed by atoms with van der Waals surface area (Å²) in [4.78, 5) is 29.0. The fraction of sp³-hybridized carbons (Fsp3) is 0.536. The molecule has 226 valence electrons. The molecule has 1 fully saturated rings. The van der Waals surface area contributed by atoms with Crippen LogP contribution in [-0.2, 0) is 19.6 Å². The van der Waals surface area contributed by atoms with Crippen molar-refractivity contribution in [3.63, 3.8) is 0 Å². The van der Waals surface area contributed by atoms with Gasteiger partial charge in [0.2, 0.25) is 6.54 Å². The monoisotopic (exact) mass is 576 g/mol. The summed E-state index contributed by atoms with van der Waals surface area (Å²) in [5.74, 6) is -0.887. The van der Waals surface area contributed by atoms with Crippen LogP contribution in [0.3, 0.4) is 0 Å². The van der Waals surface area contributed by atoms with Gasteiger partial charge < -0.3 is 41.3 Å². The predicted molar refractivity (Wildman–Crippen MR) is 150 cm³/mol. The summed E-state index contributed by atoms with van der Waals surface area (Å²) >= 11 is 0. The molecule has 1 amide bonds. The number of carbonyl (C=O) groups excluding carboxylic acids is 1. The maximum Gasteiger partial charge on any atom is 0.326 e. The van der Waals surface area contributed by atoms with E-state index in [1.54, 1.807) is 6.07 Å². The van der Waals surface area contributed by atoms with Crippen LogP contribution in [0.15, 0.2) is 24.3 Å². The van der Waals surface area contributed by atoms with Gasteiger partial charge in [0.05, 0.1) is 17.7 Å². The first-order valence-corrected chi connectivity index (χ1v) is 13.6. The molecule has 3 rings (SSSR count). The molecular weight excluding hydrogens is 534 g/mol. The summed E-state index contributed by atoms with van der Waals surface area (Å²) in [5, 5.41) is 64.7. The van der Waals surface area contributed by atoms with E-state index >= 15 is 0 Å². The van der Waals surface area contributed by atoms with Crippen LogP contribution in [0.5, 0.6) is 11.5 Å². The molecule has 0 radical (unpaired) electrons. The minimum atomic E-state index is -1.57. The van der Waals surface area contributed by atoms with Crippen LogP contribution in [-0.4, -0.2) is 116 Å². The average molecular weight is 577 g/mol. The number of carbonyl (C=O) groups is 1. The van der Waals surface area contributed by atoms with Gasteiger partial charge in [-0.05, 0) is 31.5 Å². The summed E-state index contributed by atoms with van der Waals surface area (Å²) < 4.78 is 0.324. The van der Waals surface area contributed by atoms with E-state index in [1.807, 2.05) is 26.0 Å². The zero-order valence-electron chi connectivity index (χ0n) is 23.6. The number of aromatic hydroxyl groups is 2. The van der Waals surface area contributed by atoms with Crippen molar-refractivity contribution in [3.05, 3.63) is 62.6 Å². The number of phenols is 2. The molecule has 0 saturated carbocycles. The topological polar surface area (TPSA) is 189 Å². The molecule has 1 aliphatic heterocycles. The number of phenolic OH excluding ortho intramolecular Hbond substituents is 2. The normalized spacial score (nSPS) is 16.8. The summed E-state index contributed by atoms with van der Waals surface area (Å²) in [5.41, 5.74) is 3.21. The van der Waals surface area contributed by atoms with Gasteiger partial charge in [0.15, 0.2) is 0 Å². The number of hydrogen-bond acceptors (Lipinski definition) is 11. The van der Waals surface area contributed by atoms with E-state index in [9.17, 15) is 30.1 Å². The van der Waals surface area contributed by atoms with E-state index in [2.05, 4.69) is 20.4 Å². The molecule has 2 unspecified atom stereocenters. The molecule has 2 atom stereocenters. The Kier molecular flexibility index (Phi) is 12.0. The first kappa shape index (κ1) is 32.3. The Balaban J connectivity index is 1.74. The standard InChI is InChI=1S/C28H41N5O8/c1-18-9-20(26(38)22(10-18)15-33(41)25(37)17-35)13-31-5-3-29-4-6-32(8-7-31)14-21-11-19(2)12-23(27(21)39)28(40)30-24(36)16-34/h9-12,24-25,29,34-37H,3-8,13-17H2,1-2H3,(H2-,30,38,39,40)/p+1. The lowest BCUT2D eigenvalue weighted by molar-refractivity contribution is -0.642. The van der Waals surface area contributed by atoms with Crippen molar-refractivity contribution in [1.29, 1.82) is 0 Å². The maximum atomic E-state index is 12.5. The van der Waals surface area contributed by atoms with Gasteiger partial charge in [-0.25, -0.2) is 0 Å². The van der Waals surface area contributed by atoms with Crippen molar-refractivity contribution < 1.29 is 40.2 Å². The van der Waals surface area contributed by atoms with Crippen molar-refractivity contribution in [2.24, 2.45) is 0 Å². The molecule has 13 nitrogen and oxygen atoms in total.